The summed E-state index contributed by atoms with van der Waals surface area (Å²) in [6.45, 7) is 9.26. The summed E-state index contributed by atoms with van der Waals surface area (Å²) in [4.78, 5) is 9.26. The molecule has 31 heavy (non-hydrogen) atoms. The number of halogens is 2. The van der Waals surface area contributed by atoms with E-state index in [1.165, 1.54) is 32.4 Å². The van der Waals surface area contributed by atoms with Crippen LogP contribution in [0.15, 0.2) is 23.2 Å². The smallest absolute Gasteiger partial charge is 0.191 e. The lowest BCUT2D eigenvalue weighted by molar-refractivity contribution is 0.274. The summed E-state index contributed by atoms with van der Waals surface area (Å²) in [5.74, 6) is 1.40. The second kappa shape index (κ2) is 13.4. The Balaban J connectivity index is 0.00000341. The Morgan fingerprint density at radius 3 is 2.77 bits per heavy atom. The summed E-state index contributed by atoms with van der Waals surface area (Å²) in [5.41, 5.74) is 0.878. The average molecular weight is 548 g/mol. The number of guanidine groups is 1. The van der Waals surface area contributed by atoms with Crippen LogP contribution in [-0.4, -0.2) is 75.7 Å². The Morgan fingerprint density at radius 1 is 1.26 bits per heavy atom. The molecule has 1 aromatic carbocycles. The van der Waals surface area contributed by atoms with Gasteiger partial charge in [-0.25, -0.2) is 4.39 Å². The predicted octanol–water partition coefficient (Wildman–Crippen LogP) is 3.49. The molecule has 1 unspecified atom stereocenters. The molecule has 6 nitrogen and oxygen atoms in total. The highest BCUT2D eigenvalue weighted by atomic mass is 127. The molecular formula is C23H39FIN5O. The zero-order valence-electron chi connectivity index (χ0n) is 19.2. The van der Waals surface area contributed by atoms with Crippen molar-refractivity contribution >= 4 is 29.9 Å². The van der Waals surface area contributed by atoms with Crippen LogP contribution >= 0.6 is 24.0 Å². The molecule has 0 aromatic heterocycles. The summed E-state index contributed by atoms with van der Waals surface area (Å²) >= 11 is 0. The van der Waals surface area contributed by atoms with Gasteiger partial charge in [-0.15, -0.1) is 24.0 Å². The molecule has 1 saturated carbocycles. The van der Waals surface area contributed by atoms with Gasteiger partial charge in [-0.3, -0.25) is 4.99 Å². The van der Waals surface area contributed by atoms with E-state index in [0.717, 1.165) is 44.1 Å². The zero-order valence-corrected chi connectivity index (χ0v) is 21.5. The van der Waals surface area contributed by atoms with Crippen molar-refractivity contribution in [1.29, 1.82) is 0 Å². The molecule has 3 rings (SSSR count). The molecule has 2 N–H and O–H groups in total. The summed E-state index contributed by atoms with van der Waals surface area (Å²) < 4.78 is 20.0. The summed E-state index contributed by atoms with van der Waals surface area (Å²) in [7, 11) is 3.96. The Hall–Kier alpha value is -1.13. The molecule has 0 amide bonds. The van der Waals surface area contributed by atoms with E-state index in [9.17, 15) is 4.39 Å². The normalized spacial score (nSPS) is 19.3. The lowest BCUT2D eigenvalue weighted by Gasteiger charge is -2.21. The fraction of sp³-hybridized carbons (Fsp3) is 0.696. The van der Waals surface area contributed by atoms with Gasteiger partial charge >= 0.3 is 0 Å². The molecule has 2 aliphatic rings. The molecule has 8 heteroatoms. The van der Waals surface area contributed by atoms with Gasteiger partial charge in [-0.2, -0.15) is 0 Å². The fourth-order valence-electron chi connectivity index (χ4n) is 3.71. The molecule has 176 valence electrons. The average Bonchev–Trinajstić information content (AvgIpc) is 3.58. The Labute approximate surface area is 204 Å². The van der Waals surface area contributed by atoms with E-state index < -0.39 is 0 Å². The molecular weight excluding hydrogens is 508 g/mol. The molecule has 1 atom stereocenters. The summed E-state index contributed by atoms with van der Waals surface area (Å²) in [5, 5.41) is 6.74. The number of nitrogens with zero attached hydrogens (tertiary/aromatic N) is 3. The second-order valence-electron chi connectivity index (χ2n) is 8.66. The van der Waals surface area contributed by atoms with Crippen molar-refractivity contribution in [2.45, 2.75) is 38.6 Å². The maximum Gasteiger partial charge on any atom is 0.191 e. The fourth-order valence-corrected chi connectivity index (χ4v) is 3.71. The number of hydrogen-bond acceptors (Lipinski definition) is 4. The van der Waals surface area contributed by atoms with Crippen molar-refractivity contribution < 1.29 is 9.13 Å². The lowest BCUT2D eigenvalue weighted by Crippen LogP contribution is -2.40. The zero-order chi connectivity index (χ0) is 21.3. The molecule has 1 saturated heterocycles. The monoisotopic (exact) mass is 547 g/mol. The number of hydrogen-bond donors (Lipinski definition) is 2. The van der Waals surface area contributed by atoms with E-state index in [2.05, 4.69) is 32.5 Å². The molecule has 1 aliphatic carbocycles. The standard InChI is InChI=1S/C23H38FN5O.HI/c1-18(20-8-9-22(21(24)16-20)30-17-19-6-7-19)27-23(25-2)26-10-4-12-29-13-5-11-28(3)14-15-29;/h8-9,16,18-19H,4-7,10-15,17H2,1-3H3,(H2,25,26,27);1H. The van der Waals surface area contributed by atoms with Crippen LogP contribution in [0.3, 0.4) is 0 Å². The first-order chi connectivity index (χ1) is 14.5. The minimum absolute atomic E-state index is 0. The Morgan fingerprint density at radius 2 is 2.06 bits per heavy atom. The van der Waals surface area contributed by atoms with Crippen molar-refractivity contribution in [3.05, 3.63) is 29.6 Å². The van der Waals surface area contributed by atoms with E-state index in [1.807, 2.05) is 13.0 Å². The summed E-state index contributed by atoms with van der Waals surface area (Å²) in [6, 6.07) is 5.17. The van der Waals surface area contributed by atoms with Crippen molar-refractivity contribution in [1.82, 2.24) is 20.4 Å². The van der Waals surface area contributed by atoms with Crippen LogP contribution in [0.1, 0.15) is 44.2 Å². The van der Waals surface area contributed by atoms with Crippen LogP contribution in [-0.2, 0) is 0 Å². The number of benzene rings is 1. The van der Waals surface area contributed by atoms with Crippen molar-refractivity contribution in [3.8, 4) is 5.75 Å². The number of aliphatic imine (C=N–C) groups is 1. The van der Waals surface area contributed by atoms with Crippen LogP contribution in [0.25, 0.3) is 0 Å². The van der Waals surface area contributed by atoms with Crippen LogP contribution in [0, 0.1) is 11.7 Å². The van der Waals surface area contributed by atoms with Gasteiger partial charge in [-0.05, 0) is 82.9 Å². The molecule has 1 aromatic rings. The minimum atomic E-state index is -0.298. The molecule has 0 bridgehead atoms. The van der Waals surface area contributed by atoms with Gasteiger partial charge in [0.05, 0.1) is 12.6 Å². The van der Waals surface area contributed by atoms with E-state index in [1.54, 1.807) is 19.2 Å². The molecule has 1 aliphatic heterocycles. The van der Waals surface area contributed by atoms with Gasteiger partial charge < -0.3 is 25.2 Å². The van der Waals surface area contributed by atoms with E-state index in [0.29, 0.717) is 18.3 Å². The maximum atomic E-state index is 14.4. The van der Waals surface area contributed by atoms with Crippen molar-refractivity contribution in [2.75, 3.05) is 60.0 Å². The largest absolute Gasteiger partial charge is 0.490 e. The Kier molecular flexibility index (Phi) is 11.3. The maximum absolute atomic E-state index is 14.4. The van der Waals surface area contributed by atoms with Gasteiger partial charge in [0.2, 0.25) is 0 Å². The second-order valence-corrected chi connectivity index (χ2v) is 8.66. The highest BCUT2D eigenvalue weighted by molar-refractivity contribution is 14.0. The van der Waals surface area contributed by atoms with E-state index >= 15 is 0 Å². The quantitative estimate of drug-likeness (QED) is 0.215. The lowest BCUT2D eigenvalue weighted by atomic mass is 10.1. The van der Waals surface area contributed by atoms with Gasteiger partial charge in [0.25, 0.3) is 0 Å². The van der Waals surface area contributed by atoms with E-state index in [4.69, 9.17) is 4.74 Å². The minimum Gasteiger partial charge on any atom is -0.490 e. The van der Waals surface area contributed by atoms with Crippen LogP contribution in [0.5, 0.6) is 5.75 Å². The molecule has 2 fully saturated rings. The van der Waals surface area contributed by atoms with Gasteiger partial charge in [0.15, 0.2) is 17.5 Å². The van der Waals surface area contributed by atoms with Crippen LogP contribution in [0.4, 0.5) is 4.39 Å². The third kappa shape index (κ3) is 9.10. The highest BCUT2D eigenvalue weighted by Gasteiger charge is 2.22. The summed E-state index contributed by atoms with van der Waals surface area (Å²) in [6.07, 6.45) is 4.70. The van der Waals surface area contributed by atoms with Crippen LogP contribution in [0.2, 0.25) is 0 Å². The first-order valence-corrected chi connectivity index (χ1v) is 11.4. The topological polar surface area (TPSA) is 52.1 Å². The van der Waals surface area contributed by atoms with E-state index in [-0.39, 0.29) is 35.8 Å². The number of ether oxygens (including phenoxy) is 1. The number of likely N-dealkylation sites (N-methyl/N-ethyl adjacent to an activating group) is 1. The number of nitrogens with one attached hydrogen (secondary N) is 2. The number of rotatable bonds is 9. The molecule has 1 heterocycles. The predicted molar refractivity (Wildman–Crippen MR) is 136 cm³/mol. The first kappa shape index (κ1) is 26.1. The molecule has 0 radical (unpaired) electrons. The highest BCUT2D eigenvalue weighted by Crippen LogP contribution is 2.30. The third-order valence-corrected chi connectivity index (χ3v) is 5.96. The first-order valence-electron chi connectivity index (χ1n) is 11.4. The Bertz CT molecular complexity index is 701. The van der Waals surface area contributed by atoms with Crippen molar-refractivity contribution in [2.24, 2.45) is 10.9 Å². The van der Waals surface area contributed by atoms with Crippen LogP contribution < -0.4 is 15.4 Å². The van der Waals surface area contributed by atoms with Crippen molar-refractivity contribution in [3.63, 3.8) is 0 Å². The SMILES string of the molecule is CN=C(NCCCN1CCCN(C)CC1)NC(C)c1ccc(OCC2CC2)c(F)c1.I. The van der Waals surface area contributed by atoms with Gasteiger partial charge in [0.1, 0.15) is 0 Å². The van der Waals surface area contributed by atoms with Gasteiger partial charge in [-0.1, -0.05) is 6.07 Å². The van der Waals surface area contributed by atoms with Gasteiger partial charge in [0, 0.05) is 26.7 Å². The third-order valence-electron chi connectivity index (χ3n) is 5.96. The molecule has 0 spiro atoms.